The molecule has 2 aromatic heterocycles. The molecule has 3 rings (SSSR count). The van der Waals surface area contributed by atoms with Crippen molar-refractivity contribution in [3.05, 3.63) is 24.7 Å². The molecule has 0 unspecified atom stereocenters. The molecular weight excluding hydrogens is 272 g/mol. The molecule has 21 heavy (non-hydrogen) atoms. The summed E-state index contributed by atoms with van der Waals surface area (Å²) in [6.07, 6.45) is 2.53. The average molecular weight is 288 g/mol. The molecule has 0 radical (unpaired) electrons. The van der Waals surface area contributed by atoms with Gasteiger partial charge in [0.15, 0.2) is 5.82 Å². The fraction of sp³-hybridized carbons (Fsp3) is 0.385. The van der Waals surface area contributed by atoms with E-state index in [1.165, 1.54) is 4.90 Å². The fourth-order valence-corrected chi connectivity index (χ4v) is 2.30. The molecule has 8 nitrogen and oxygen atoms in total. The number of piperazine rings is 1. The highest BCUT2D eigenvalue weighted by Gasteiger charge is 2.21. The number of anilines is 1. The predicted octanol–water partition coefficient (Wildman–Crippen LogP) is 0.677. The third-order valence-corrected chi connectivity index (χ3v) is 3.48. The van der Waals surface area contributed by atoms with E-state index in [1.54, 1.807) is 17.2 Å². The lowest BCUT2D eigenvalue weighted by molar-refractivity contribution is 0.142. The van der Waals surface area contributed by atoms with Gasteiger partial charge < -0.3 is 14.9 Å². The van der Waals surface area contributed by atoms with E-state index in [0.717, 1.165) is 11.4 Å². The number of aromatic nitrogens is 4. The van der Waals surface area contributed by atoms with E-state index in [0.29, 0.717) is 32.0 Å². The zero-order valence-electron chi connectivity index (χ0n) is 11.7. The summed E-state index contributed by atoms with van der Waals surface area (Å²) in [4.78, 5) is 23.0. The zero-order valence-corrected chi connectivity index (χ0v) is 11.7. The SMILES string of the molecule is Cn1cnc(-c2ccc(N3CCN(C(=O)O)CC3)nc2)n1. The Morgan fingerprint density at radius 2 is 1.95 bits per heavy atom. The van der Waals surface area contributed by atoms with Crippen molar-refractivity contribution < 1.29 is 9.90 Å². The predicted molar refractivity (Wildman–Crippen MR) is 76.0 cm³/mol. The van der Waals surface area contributed by atoms with Crippen molar-refractivity contribution >= 4 is 11.9 Å². The second-order valence-electron chi connectivity index (χ2n) is 4.90. The quantitative estimate of drug-likeness (QED) is 0.874. The lowest BCUT2D eigenvalue weighted by Crippen LogP contribution is -2.48. The molecule has 0 aromatic carbocycles. The molecule has 1 amide bonds. The second kappa shape index (κ2) is 5.39. The van der Waals surface area contributed by atoms with Gasteiger partial charge in [-0.25, -0.2) is 14.8 Å². The summed E-state index contributed by atoms with van der Waals surface area (Å²) < 4.78 is 1.65. The Hall–Kier alpha value is -2.64. The van der Waals surface area contributed by atoms with Crippen molar-refractivity contribution in [1.29, 1.82) is 0 Å². The number of aryl methyl sites for hydroxylation is 1. The Morgan fingerprint density at radius 3 is 2.48 bits per heavy atom. The molecule has 8 heteroatoms. The summed E-state index contributed by atoms with van der Waals surface area (Å²) in [7, 11) is 1.82. The van der Waals surface area contributed by atoms with E-state index in [9.17, 15) is 4.79 Å². The highest BCUT2D eigenvalue weighted by molar-refractivity contribution is 5.65. The van der Waals surface area contributed by atoms with Crippen LogP contribution in [-0.4, -0.2) is 62.0 Å². The monoisotopic (exact) mass is 288 g/mol. The summed E-state index contributed by atoms with van der Waals surface area (Å²) >= 11 is 0. The molecule has 0 atom stereocenters. The molecule has 1 N–H and O–H groups in total. The molecular formula is C13H16N6O2. The summed E-state index contributed by atoms with van der Waals surface area (Å²) in [5, 5.41) is 13.2. The van der Waals surface area contributed by atoms with Crippen LogP contribution in [0, 0.1) is 0 Å². The minimum absolute atomic E-state index is 0.501. The molecule has 1 aliphatic heterocycles. The minimum atomic E-state index is -0.862. The zero-order chi connectivity index (χ0) is 14.8. The fourth-order valence-electron chi connectivity index (χ4n) is 2.30. The van der Waals surface area contributed by atoms with Gasteiger partial charge in [0.05, 0.1) is 0 Å². The molecule has 2 aromatic rings. The van der Waals surface area contributed by atoms with E-state index in [1.807, 2.05) is 19.2 Å². The van der Waals surface area contributed by atoms with Crippen LogP contribution in [0.5, 0.6) is 0 Å². The topological polar surface area (TPSA) is 87.4 Å². The first-order valence-corrected chi connectivity index (χ1v) is 6.68. The molecule has 3 heterocycles. The highest BCUT2D eigenvalue weighted by atomic mass is 16.4. The smallest absolute Gasteiger partial charge is 0.407 e. The van der Waals surface area contributed by atoms with Gasteiger partial charge in [0, 0.05) is 45.0 Å². The maximum absolute atomic E-state index is 10.9. The lowest BCUT2D eigenvalue weighted by atomic mass is 10.2. The number of carbonyl (C=O) groups is 1. The Balaban J connectivity index is 1.69. The molecule has 0 saturated carbocycles. The lowest BCUT2D eigenvalue weighted by Gasteiger charge is -2.33. The van der Waals surface area contributed by atoms with E-state index in [4.69, 9.17) is 5.11 Å². The van der Waals surface area contributed by atoms with Crippen molar-refractivity contribution in [3.8, 4) is 11.4 Å². The summed E-state index contributed by atoms with van der Waals surface area (Å²) in [6.45, 7) is 2.31. The average Bonchev–Trinajstić information content (AvgIpc) is 2.94. The van der Waals surface area contributed by atoms with Crippen LogP contribution in [0.3, 0.4) is 0 Å². The van der Waals surface area contributed by atoms with E-state index in [2.05, 4.69) is 20.0 Å². The van der Waals surface area contributed by atoms with Crippen molar-refractivity contribution in [2.45, 2.75) is 0 Å². The van der Waals surface area contributed by atoms with E-state index >= 15 is 0 Å². The highest BCUT2D eigenvalue weighted by Crippen LogP contribution is 2.18. The van der Waals surface area contributed by atoms with E-state index < -0.39 is 6.09 Å². The van der Waals surface area contributed by atoms with Gasteiger partial charge in [0.25, 0.3) is 0 Å². The summed E-state index contributed by atoms with van der Waals surface area (Å²) in [5.41, 5.74) is 0.864. The number of nitrogens with zero attached hydrogens (tertiary/aromatic N) is 6. The minimum Gasteiger partial charge on any atom is -0.465 e. The van der Waals surface area contributed by atoms with Gasteiger partial charge in [-0.05, 0) is 12.1 Å². The number of hydrogen-bond donors (Lipinski definition) is 1. The summed E-state index contributed by atoms with van der Waals surface area (Å²) in [5.74, 6) is 1.49. The van der Waals surface area contributed by atoms with Crippen LogP contribution < -0.4 is 4.90 Å². The number of amides is 1. The third-order valence-electron chi connectivity index (χ3n) is 3.48. The molecule has 0 bridgehead atoms. The Morgan fingerprint density at radius 1 is 1.19 bits per heavy atom. The van der Waals surface area contributed by atoms with Crippen LogP contribution in [0.15, 0.2) is 24.7 Å². The molecule has 1 fully saturated rings. The first kappa shape index (κ1) is 13.3. The first-order chi connectivity index (χ1) is 10.1. The Labute approximate surface area is 121 Å². The van der Waals surface area contributed by atoms with Gasteiger partial charge in [0.1, 0.15) is 12.1 Å². The maximum Gasteiger partial charge on any atom is 0.407 e. The number of pyridine rings is 1. The van der Waals surface area contributed by atoms with Crippen molar-refractivity contribution in [2.24, 2.45) is 7.05 Å². The van der Waals surface area contributed by atoms with Crippen molar-refractivity contribution in [3.63, 3.8) is 0 Å². The van der Waals surface area contributed by atoms with Gasteiger partial charge in [-0.3, -0.25) is 4.68 Å². The molecule has 1 saturated heterocycles. The molecule has 110 valence electrons. The Kier molecular flexibility index (Phi) is 3.43. The van der Waals surface area contributed by atoms with Crippen LogP contribution in [0.2, 0.25) is 0 Å². The molecule has 0 aliphatic carbocycles. The van der Waals surface area contributed by atoms with Crippen LogP contribution in [-0.2, 0) is 7.05 Å². The maximum atomic E-state index is 10.9. The largest absolute Gasteiger partial charge is 0.465 e. The van der Waals surface area contributed by atoms with Gasteiger partial charge in [-0.2, -0.15) is 5.10 Å². The third kappa shape index (κ3) is 2.78. The number of rotatable bonds is 2. The normalized spacial score (nSPS) is 15.3. The van der Waals surface area contributed by atoms with Crippen molar-refractivity contribution in [2.75, 3.05) is 31.1 Å². The van der Waals surface area contributed by atoms with E-state index in [-0.39, 0.29) is 0 Å². The van der Waals surface area contributed by atoms with Gasteiger partial charge >= 0.3 is 6.09 Å². The van der Waals surface area contributed by atoms with Crippen LogP contribution in [0.4, 0.5) is 10.6 Å². The second-order valence-corrected chi connectivity index (χ2v) is 4.90. The van der Waals surface area contributed by atoms with Crippen LogP contribution in [0.1, 0.15) is 0 Å². The molecule has 0 spiro atoms. The van der Waals surface area contributed by atoms with Crippen LogP contribution in [0.25, 0.3) is 11.4 Å². The van der Waals surface area contributed by atoms with Gasteiger partial charge in [-0.15, -0.1) is 0 Å². The number of carboxylic acid groups (broad SMARTS) is 1. The molecule has 1 aliphatic rings. The van der Waals surface area contributed by atoms with Crippen LogP contribution >= 0.6 is 0 Å². The summed E-state index contributed by atoms with van der Waals surface area (Å²) in [6, 6.07) is 3.85. The van der Waals surface area contributed by atoms with Crippen molar-refractivity contribution in [1.82, 2.24) is 24.6 Å². The number of hydrogen-bond acceptors (Lipinski definition) is 5. The first-order valence-electron chi connectivity index (χ1n) is 6.68. The van der Waals surface area contributed by atoms with Gasteiger partial charge in [-0.1, -0.05) is 0 Å². The standard InChI is InChI=1S/C13H16N6O2/c1-17-9-15-12(16-17)10-2-3-11(14-8-10)18-4-6-19(7-5-18)13(20)21/h2-3,8-9H,4-7H2,1H3,(H,20,21). The Bertz CT molecular complexity index is 630. The van der Waals surface area contributed by atoms with Gasteiger partial charge in [0.2, 0.25) is 0 Å².